The summed E-state index contributed by atoms with van der Waals surface area (Å²) in [6, 6.07) is 1.98. The van der Waals surface area contributed by atoms with E-state index >= 15 is 0 Å². The summed E-state index contributed by atoms with van der Waals surface area (Å²) in [4.78, 5) is 0. The second kappa shape index (κ2) is 5.10. The molecule has 1 aliphatic carbocycles. The van der Waals surface area contributed by atoms with Crippen LogP contribution in [0.1, 0.15) is 42.4 Å². The first-order valence-electron chi connectivity index (χ1n) is 6.60. The van der Waals surface area contributed by atoms with E-state index in [2.05, 4.69) is 13.8 Å². The zero-order valence-electron chi connectivity index (χ0n) is 11.5. The summed E-state index contributed by atoms with van der Waals surface area (Å²) in [5.74, 6) is 0.826. The Hall–Kier alpha value is -0.730. The van der Waals surface area contributed by atoms with Gasteiger partial charge in [-0.3, -0.25) is 0 Å². The average Bonchev–Trinajstić information content (AvgIpc) is 2.83. The van der Waals surface area contributed by atoms with E-state index in [1.165, 1.54) is 29.5 Å². The van der Waals surface area contributed by atoms with Crippen molar-refractivity contribution in [2.24, 2.45) is 5.73 Å². The van der Waals surface area contributed by atoms with Gasteiger partial charge in [-0.25, -0.2) is 0 Å². The van der Waals surface area contributed by atoms with Crippen LogP contribution in [-0.4, -0.2) is 13.7 Å². The number of aryl methyl sites for hydroxylation is 1. The topological polar surface area (TPSA) is 35.2 Å². The molecule has 3 heteroatoms. The van der Waals surface area contributed by atoms with Gasteiger partial charge in [-0.15, -0.1) is 0 Å². The molecule has 0 bridgehead atoms. The monoisotopic (exact) mass is 267 g/mol. The molecule has 0 spiro atoms. The molecule has 2 nitrogen and oxygen atoms in total. The van der Waals surface area contributed by atoms with E-state index < -0.39 is 0 Å². The minimum absolute atomic E-state index is 0.0606. The molecule has 18 heavy (non-hydrogen) atoms. The van der Waals surface area contributed by atoms with Crippen molar-refractivity contribution in [2.75, 3.05) is 13.7 Å². The smallest absolute Gasteiger partial charge is 0.141 e. The molecule has 2 rings (SSSR count). The number of rotatable bonds is 3. The number of nitrogens with two attached hydrogens (primary N) is 1. The Balaban J connectivity index is 2.67. The predicted molar refractivity (Wildman–Crippen MR) is 76.7 cm³/mol. The lowest BCUT2D eigenvalue weighted by Gasteiger charge is -2.32. The normalized spacial score (nSPS) is 18.1. The molecule has 0 radical (unpaired) electrons. The highest BCUT2D eigenvalue weighted by Crippen LogP contribution is 2.48. The van der Waals surface area contributed by atoms with Crippen molar-refractivity contribution >= 4 is 11.6 Å². The van der Waals surface area contributed by atoms with Crippen molar-refractivity contribution in [3.63, 3.8) is 0 Å². The highest BCUT2D eigenvalue weighted by Gasteiger charge is 2.38. The molecule has 2 N–H and O–H groups in total. The molecule has 1 aromatic rings. The van der Waals surface area contributed by atoms with Gasteiger partial charge in [0.05, 0.1) is 12.1 Å². The van der Waals surface area contributed by atoms with Gasteiger partial charge in [0, 0.05) is 17.5 Å². The number of methoxy groups -OCH3 is 1. The molecule has 0 unspecified atom stereocenters. The van der Waals surface area contributed by atoms with Crippen molar-refractivity contribution < 1.29 is 4.74 Å². The molecule has 100 valence electrons. The average molecular weight is 268 g/mol. The van der Waals surface area contributed by atoms with Crippen LogP contribution in [-0.2, 0) is 5.41 Å². The number of ether oxygens (including phenoxy) is 1. The molecule has 0 saturated heterocycles. The van der Waals surface area contributed by atoms with Crippen molar-refractivity contribution in [3.05, 3.63) is 27.8 Å². The van der Waals surface area contributed by atoms with E-state index in [4.69, 9.17) is 22.1 Å². The summed E-state index contributed by atoms with van der Waals surface area (Å²) in [5, 5.41) is 0.704. The van der Waals surface area contributed by atoms with Crippen molar-refractivity contribution in [1.82, 2.24) is 0 Å². The van der Waals surface area contributed by atoms with Crippen LogP contribution in [0.15, 0.2) is 6.07 Å². The maximum Gasteiger partial charge on any atom is 0.141 e. The van der Waals surface area contributed by atoms with E-state index in [1.807, 2.05) is 6.07 Å². The van der Waals surface area contributed by atoms with Gasteiger partial charge in [-0.05, 0) is 43.9 Å². The van der Waals surface area contributed by atoms with Gasteiger partial charge in [0.2, 0.25) is 0 Å². The summed E-state index contributed by atoms with van der Waals surface area (Å²) in [5.41, 5.74) is 9.90. The van der Waals surface area contributed by atoms with Crippen LogP contribution >= 0.6 is 11.6 Å². The van der Waals surface area contributed by atoms with Crippen LogP contribution in [0.2, 0.25) is 5.02 Å². The summed E-state index contributed by atoms with van der Waals surface area (Å²) in [6.45, 7) is 4.92. The van der Waals surface area contributed by atoms with Crippen LogP contribution in [0.3, 0.4) is 0 Å². The summed E-state index contributed by atoms with van der Waals surface area (Å²) >= 11 is 6.34. The fourth-order valence-corrected chi connectivity index (χ4v) is 3.63. The third-order valence-corrected chi connectivity index (χ3v) is 4.72. The quantitative estimate of drug-likeness (QED) is 0.906. The SMILES string of the molecule is COc1c(Cl)cc(C)c(C)c1C1(CN)CCCC1. The van der Waals surface area contributed by atoms with E-state index in [1.54, 1.807) is 7.11 Å². The van der Waals surface area contributed by atoms with Gasteiger partial charge in [-0.2, -0.15) is 0 Å². The Morgan fingerprint density at radius 2 is 1.94 bits per heavy atom. The summed E-state index contributed by atoms with van der Waals surface area (Å²) < 4.78 is 5.56. The van der Waals surface area contributed by atoms with E-state index in [-0.39, 0.29) is 5.41 Å². The zero-order valence-corrected chi connectivity index (χ0v) is 12.2. The Morgan fingerprint density at radius 3 is 2.44 bits per heavy atom. The minimum Gasteiger partial charge on any atom is -0.495 e. The van der Waals surface area contributed by atoms with Gasteiger partial charge in [0.15, 0.2) is 0 Å². The van der Waals surface area contributed by atoms with Crippen LogP contribution in [0.25, 0.3) is 0 Å². The molecular formula is C15H22ClNO. The minimum atomic E-state index is 0.0606. The van der Waals surface area contributed by atoms with Gasteiger partial charge in [-0.1, -0.05) is 24.4 Å². The van der Waals surface area contributed by atoms with Crippen LogP contribution in [0, 0.1) is 13.8 Å². The first-order valence-corrected chi connectivity index (χ1v) is 6.98. The van der Waals surface area contributed by atoms with Crippen LogP contribution < -0.4 is 10.5 Å². The molecular weight excluding hydrogens is 246 g/mol. The van der Waals surface area contributed by atoms with Gasteiger partial charge in [0.1, 0.15) is 5.75 Å². The molecule has 0 heterocycles. The van der Waals surface area contributed by atoms with Gasteiger partial charge >= 0.3 is 0 Å². The fourth-order valence-electron chi connectivity index (χ4n) is 3.30. The number of benzene rings is 1. The van der Waals surface area contributed by atoms with Gasteiger partial charge < -0.3 is 10.5 Å². The molecule has 1 saturated carbocycles. The molecule has 0 aromatic heterocycles. The molecule has 1 aromatic carbocycles. The number of hydrogen-bond donors (Lipinski definition) is 1. The van der Waals surface area contributed by atoms with Gasteiger partial charge in [0.25, 0.3) is 0 Å². The Kier molecular flexibility index (Phi) is 3.88. The molecule has 0 atom stereocenters. The van der Waals surface area contributed by atoms with Crippen LogP contribution in [0.5, 0.6) is 5.75 Å². The largest absolute Gasteiger partial charge is 0.495 e. The Bertz CT molecular complexity index is 450. The predicted octanol–water partition coefficient (Wildman–Crippen LogP) is 3.74. The first-order chi connectivity index (χ1) is 8.55. The molecule has 1 fully saturated rings. The summed E-state index contributed by atoms with van der Waals surface area (Å²) in [7, 11) is 1.69. The van der Waals surface area contributed by atoms with Crippen molar-refractivity contribution in [1.29, 1.82) is 0 Å². The highest BCUT2D eigenvalue weighted by molar-refractivity contribution is 6.32. The maximum absolute atomic E-state index is 6.34. The van der Waals surface area contributed by atoms with E-state index in [0.29, 0.717) is 11.6 Å². The fraction of sp³-hybridized carbons (Fsp3) is 0.600. The number of hydrogen-bond acceptors (Lipinski definition) is 2. The third-order valence-electron chi connectivity index (χ3n) is 4.44. The summed E-state index contributed by atoms with van der Waals surface area (Å²) in [6.07, 6.45) is 4.76. The standard InChI is InChI=1S/C15H22ClNO/c1-10-8-12(16)14(18-3)13(11(10)2)15(9-17)6-4-5-7-15/h8H,4-7,9,17H2,1-3H3. The van der Waals surface area contributed by atoms with E-state index in [9.17, 15) is 0 Å². The van der Waals surface area contributed by atoms with E-state index in [0.717, 1.165) is 18.6 Å². The lowest BCUT2D eigenvalue weighted by Crippen LogP contribution is -2.33. The lowest BCUT2D eigenvalue weighted by molar-refractivity contribution is 0.376. The maximum atomic E-state index is 6.34. The third kappa shape index (κ3) is 2.02. The van der Waals surface area contributed by atoms with Crippen LogP contribution in [0.4, 0.5) is 0 Å². The molecule has 0 aliphatic heterocycles. The second-order valence-electron chi connectivity index (χ2n) is 5.40. The Morgan fingerprint density at radius 1 is 1.33 bits per heavy atom. The van der Waals surface area contributed by atoms with Crippen molar-refractivity contribution in [3.8, 4) is 5.75 Å². The Labute approximate surface area is 114 Å². The lowest BCUT2D eigenvalue weighted by atomic mass is 9.75. The van der Waals surface area contributed by atoms with Crippen molar-refractivity contribution in [2.45, 2.75) is 44.9 Å². The second-order valence-corrected chi connectivity index (χ2v) is 5.81. The molecule has 1 aliphatic rings. The first kappa shape index (κ1) is 13.7. The highest BCUT2D eigenvalue weighted by atomic mass is 35.5. The number of halogens is 1. The molecule has 0 amide bonds. The zero-order chi connectivity index (χ0) is 13.3.